The number of carbonyl (C=O) groups excluding carboxylic acids is 1. The molecule has 3 aromatic rings. The fourth-order valence-electron chi connectivity index (χ4n) is 2.32. The van der Waals surface area contributed by atoms with Crippen LogP contribution in [0.1, 0.15) is 33.0 Å². The molecule has 3 rings (SSSR count). The van der Waals surface area contributed by atoms with E-state index in [2.05, 4.69) is 15.0 Å². The second kappa shape index (κ2) is 7.57. The third-order valence-electron chi connectivity index (χ3n) is 3.65. The Bertz CT molecular complexity index is 980. The maximum absolute atomic E-state index is 13.2. The molecule has 0 spiro atoms. The molecular formula is C19H12F2N4O. The Morgan fingerprint density at radius 3 is 2.31 bits per heavy atom. The quantitative estimate of drug-likeness (QED) is 0.661. The highest BCUT2D eigenvalue weighted by atomic mass is 19.2. The molecule has 0 fully saturated rings. The summed E-state index contributed by atoms with van der Waals surface area (Å²) in [5.74, 6) is -2.06. The lowest BCUT2D eigenvalue weighted by atomic mass is 10.1. The molecule has 0 unspecified atom stereocenters. The fraction of sp³-hybridized carbons (Fsp3) is 0.105. The minimum atomic E-state index is -0.889. The summed E-state index contributed by atoms with van der Waals surface area (Å²) < 4.78 is 26.2. The van der Waals surface area contributed by atoms with Crippen LogP contribution in [0, 0.1) is 23.0 Å². The third-order valence-corrected chi connectivity index (χ3v) is 3.65. The van der Waals surface area contributed by atoms with Crippen molar-refractivity contribution in [3.63, 3.8) is 0 Å². The standard InChI is InChI=1S/C19H12F2N4O/c20-16-4-2-12(6-17(16)21)5-13-1-3-15(23-9-13)7-18(26)19-24-10-14(8-22)11-25-19/h1-4,6,9-11H,5,7H2. The van der Waals surface area contributed by atoms with Crippen molar-refractivity contribution in [2.75, 3.05) is 0 Å². The van der Waals surface area contributed by atoms with E-state index in [0.717, 1.165) is 17.7 Å². The number of pyridine rings is 1. The molecule has 5 nitrogen and oxygen atoms in total. The Hall–Kier alpha value is -3.53. The number of nitrogens with zero attached hydrogens (tertiary/aromatic N) is 4. The second-order valence-corrected chi connectivity index (χ2v) is 5.59. The van der Waals surface area contributed by atoms with Crippen molar-refractivity contribution in [2.24, 2.45) is 0 Å². The van der Waals surface area contributed by atoms with Crippen LogP contribution >= 0.6 is 0 Å². The molecule has 0 saturated carbocycles. The predicted octanol–water partition coefficient (Wildman–Crippen LogP) is 3.04. The van der Waals surface area contributed by atoms with Gasteiger partial charge in [0.1, 0.15) is 6.07 Å². The molecule has 0 radical (unpaired) electrons. The first-order valence-corrected chi connectivity index (χ1v) is 7.68. The third kappa shape index (κ3) is 4.11. The Kier molecular flexibility index (Phi) is 5.04. The van der Waals surface area contributed by atoms with Crippen LogP contribution in [-0.4, -0.2) is 20.7 Å². The van der Waals surface area contributed by atoms with Crippen LogP contribution in [0.15, 0.2) is 48.9 Å². The van der Waals surface area contributed by atoms with Crippen molar-refractivity contribution >= 4 is 5.78 Å². The van der Waals surface area contributed by atoms with Gasteiger partial charge >= 0.3 is 0 Å². The van der Waals surface area contributed by atoms with E-state index >= 15 is 0 Å². The number of hydrogen-bond donors (Lipinski definition) is 0. The Balaban J connectivity index is 1.66. The first-order chi connectivity index (χ1) is 12.5. The minimum Gasteiger partial charge on any atom is -0.290 e. The number of halogens is 2. The van der Waals surface area contributed by atoms with Gasteiger partial charge in [0.05, 0.1) is 12.0 Å². The Labute approximate surface area is 148 Å². The molecule has 1 aromatic carbocycles. The van der Waals surface area contributed by atoms with Gasteiger partial charge in [-0.05, 0) is 35.7 Å². The summed E-state index contributed by atoms with van der Waals surface area (Å²) in [6.07, 6.45) is 4.59. The van der Waals surface area contributed by atoms with E-state index in [1.807, 2.05) is 6.07 Å². The first-order valence-electron chi connectivity index (χ1n) is 7.68. The van der Waals surface area contributed by atoms with E-state index in [0.29, 0.717) is 17.7 Å². The lowest BCUT2D eigenvalue weighted by Crippen LogP contribution is -2.09. The van der Waals surface area contributed by atoms with E-state index in [-0.39, 0.29) is 23.6 Å². The van der Waals surface area contributed by atoms with E-state index in [9.17, 15) is 13.6 Å². The molecule has 26 heavy (non-hydrogen) atoms. The van der Waals surface area contributed by atoms with Gasteiger partial charge < -0.3 is 0 Å². The maximum atomic E-state index is 13.2. The monoisotopic (exact) mass is 350 g/mol. The summed E-state index contributed by atoms with van der Waals surface area (Å²) in [5, 5.41) is 8.70. The van der Waals surface area contributed by atoms with Crippen molar-refractivity contribution in [3.05, 3.63) is 88.8 Å². The number of hydrogen-bond acceptors (Lipinski definition) is 5. The molecule has 0 aliphatic heterocycles. The Morgan fingerprint density at radius 1 is 0.962 bits per heavy atom. The summed E-state index contributed by atoms with van der Waals surface area (Å²) in [7, 11) is 0. The van der Waals surface area contributed by atoms with Gasteiger partial charge in [-0.25, -0.2) is 18.7 Å². The Morgan fingerprint density at radius 2 is 1.69 bits per heavy atom. The fourth-order valence-corrected chi connectivity index (χ4v) is 2.32. The highest BCUT2D eigenvalue weighted by Crippen LogP contribution is 2.13. The van der Waals surface area contributed by atoms with Crippen LogP contribution in [0.5, 0.6) is 0 Å². The summed E-state index contributed by atoms with van der Waals surface area (Å²) in [4.78, 5) is 24.1. The molecule has 2 aromatic heterocycles. The van der Waals surface area contributed by atoms with Crippen molar-refractivity contribution in [1.82, 2.24) is 15.0 Å². The van der Waals surface area contributed by atoms with Crippen molar-refractivity contribution in [3.8, 4) is 6.07 Å². The average Bonchev–Trinajstić information content (AvgIpc) is 2.66. The topological polar surface area (TPSA) is 79.5 Å². The lowest BCUT2D eigenvalue weighted by Gasteiger charge is -2.04. The minimum absolute atomic E-state index is 0.0247. The van der Waals surface area contributed by atoms with Crippen LogP contribution < -0.4 is 0 Å². The molecule has 7 heteroatoms. The van der Waals surface area contributed by atoms with Crippen LogP contribution in [0.2, 0.25) is 0 Å². The van der Waals surface area contributed by atoms with Crippen LogP contribution in [0.3, 0.4) is 0 Å². The molecule has 128 valence electrons. The number of nitriles is 1. The molecular weight excluding hydrogens is 338 g/mol. The van der Waals surface area contributed by atoms with E-state index < -0.39 is 11.6 Å². The second-order valence-electron chi connectivity index (χ2n) is 5.59. The zero-order chi connectivity index (χ0) is 18.5. The molecule has 0 aliphatic rings. The van der Waals surface area contributed by atoms with E-state index in [1.54, 1.807) is 18.3 Å². The van der Waals surface area contributed by atoms with E-state index in [1.165, 1.54) is 18.5 Å². The predicted molar refractivity (Wildman–Crippen MR) is 88.2 cm³/mol. The van der Waals surface area contributed by atoms with Gasteiger partial charge in [-0.3, -0.25) is 9.78 Å². The molecule has 0 atom stereocenters. The number of carbonyl (C=O) groups is 1. The number of Topliss-reactive ketones (excluding diaryl/α,β-unsaturated/α-hetero) is 1. The smallest absolute Gasteiger partial charge is 0.205 e. The SMILES string of the molecule is N#Cc1cnc(C(=O)Cc2ccc(Cc3ccc(F)c(F)c3)cn2)nc1. The normalized spacial score (nSPS) is 10.3. The maximum Gasteiger partial charge on any atom is 0.205 e. The zero-order valence-corrected chi connectivity index (χ0v) is 13.5. The average molecular weight is 350 g/mol. The first kappa shape index (κ1) is 17.3. The van der Waals surface area contributed by atoms with Crippen molar-refractivity contribution in [2.45, 2.75) is 12.8 Å². The van der Waals surface area contributed by atoms with Gasteiger partial charge in [0.25, 0.3) is 0 Å². The van der Waals surface area contributed by atoms with Crippen LogP contribution in [-0.2, 0) is 12.8 Å². The number of rotatable bonds is 5. The largest absolute Gasteiger partial charge is 0.290 e. The molecule has 0 bridgehead atoms. The highest BCUT2D eigenvalue weighted by molar-refractivity contribution is 5.93. The van der Waals surface area contributed by atoms with Gasteiger partial charge in [0.15, 0.2) is 17.5 Å². The van der Waals surface area contributed by atoms with Crippen molar-refractivity contribution in [1.29, 1.82) is 5.26 Å². The molecule has 0 aliphatic carbocycles. The molecule has 0 saturated heterocycles. The van der Waals surface area contributed by atoms with Crippen LogP contribution in [0.4, 0.5) is 8.78 Å². The summed E-state index contributed by atoms with van der Waals surface area (Å²) in [6.45, 7) is 0. The van der Waals surface area contributed by atoms with E-state index in [4.69, 9.17) is 5.26 Å². The molecule has 0 N–H and O–H groups in total. The highest BCUT2D eigenvalue weighted by Gasteiger charge is 2.11. The van der Waals surface area contributed by atoms with Gasteiger partial charge in [-0.2, -0.15) is 5.26 Å². The zero-order valence-electron chi connectivity index (χ0n) is 13.5. The van der Waals surface area contributed by atoms with Crippen LogP contribution in [0.25, 0.3) is 0 Å². The summed E-state index contributed by atoms with van der Waals surface area (Å²) in [6, 6.07) is 9.09. The van der Waals surface area contributed by atoms with Gasteiger partial charge in [0, 0.05) is 24.3 Å². The number of ketones is 1. The summed E-state index contributed by atoms with van der Waals surface area (Å²) in [5.41, 5.74) is 2.25. The lowest BCUT2D eigenvalue weighted by molar-refractivity contribution is 0.0982. The van der Waals surface area contributed by atoms with Gasteiger partial charge in [-0.1, -0.05) is 12.1 Å². The van der Waals surface area contributed by atoms with Gasteiger partial charge in [-0.15, -0.1) is 0 Å². The molecule has 0 amide bonds. The summed E-state index contributed by atoms with van der Waals surface area (Å²) >= 11 is 0. The van der Waals surface area contributed by atoms with Crippen molar-refractivity contribution < 1.29 is 13.6 Å². The number of benzene rings is 1. The number of aromatic nitrogens is 3. The molecule has 2 heterocycles. The van der Waals surface area contributed by atoms with Gasteiger partial charge in [0.2, 0.25) is 5.78 Å².